The molecule has 4 aromatic rings. The number of fused-ring (bicyclic) bond motifs is 2. The third-order valence-electron chi connectivity index (χ3n) is 5.98. The van der Waals surface area contributed by atoms with E-state index in [2.05, 4.69) is 10.3 Å². The minimum absolute atomic E-state index is 0.113. The summed E-state index contributed by atoms with van der Waals surface area (Å²) in [6.45, 7) is 5.05. The molecule has 0 spiro atoms. The first-order valence-electron chi connectivity index (χ1n) is 10.8. The molecule has 0 amide bonds. The van der Waals surface area contributed by atoms with E-state index in [-0.39, 0.29) is 17.0 Å². The second-order valence-electron chi connectivity index (χ2n) is 8.36. The summed E-state index contributed by atoms with van der Waals surface area (Å²) in [5.41, 5.74) is 4.89. The number of anilines is 2. The topological polar surface area (TPSA) is 95.7 Å². The summed E-state index contributed by atoms with van der Waals surface area (Å²) in [5.74, 6) is -0.510. The van der Waals surface area contributed by atoms with Crippen molar-refractivity contribution in [2.75, 3.05) is 10.2 Å². The molecule has 0 aliphatic carbocycles. The number of pyridine rings is 1. The molecule has 2 aromatic carbocycles. The Labute approximate surface area is 190 Å². The molecule has 0 fully saturated rings. The number of benzene rings is 2. The molecule has 7 heteroatoms. The van der Waals surface area contributed by atoms with Gasteiger partial charge < -0.3 is 19.7 Å². The molecule has 166 valence electrons. The predicted molar refractivity (Wildman–Crippen MR) is 127 cm³/mol. The van der Waals surface area contributed by atoms with Crippen molar-refractivity contribution >= 4 is 28.5 Å². The lowest BCUT2D eigenvalue weighted by atomic mass is 10.0. The van der Waals surface area contributed by atoms with Crippen LogP contribution in [-0.2, 0) is 13.1 Å². The van der Waals surface area contributed by atoms with Crippen LogP contribution in [0.15, 0.2) is 70.0 Å². The van der Waals surface area contributed by atoms with E-state index in [9.17, 15) is 14.7 Å². The van der Waals surface area contributed by atoms with Gasteiger partial charge in [-0.25, -0.2) is 4.79 Å². The third kappa shape index (κ3) is 3.82. The van der Waals surface area contributed by atoms with E-state index >= 15 is 0 Å². The smallest absolute Gasteiger partial charge is 0.337 e. The predicted octanol–water partition coefficient (Wildman–Crippen LogP) is 4.89. The Morgan fingerprint density at radius 3 is 2.76 bits per heavy atom. The molecule has 0 bridgehead atoms. The van der Waals surface area contributed by atoms with E-state index in [1.165, 1.54) is 6.07 Å². The van der Waals surface area contributed by atoms with Gasteiger partial charge in [0.25, 0.3) is 0 Å². The highest BCUT2D eigenvalue weighted by Gasteiger charge is 2.24. The van der Waals surface area contributed by atoms with Crippen molar-refractivity contribution in [1.82, 2.24) is 4.98 Å². The van der Waals surface area contributed by atoms with Gasteiger partial charge in [0.2, 0.25) is 5.88 Å². The summed E-state index contributed by atoms with van der Waals surface area (Å²) in [6.07, 6.45) is 1.77. The second-order valence-corrected chi connectivity index (χ2v) is 8.36. The minimum atomic E-state index is -1.00. The molecule has 3 heterocycles. The van der Waals surface area contributed by atoms with Gasteiger partial charge in [0.15, 0.2) is 5.43 Å². The average molecular weight is 441 g/mol. The number of para-hydroxylation sites is 1. The SMILES string of the molecule is Cc1cc(C(C)Nc2ccccc2C(=O)O)c2oc(N3Cc4cccnc4C3)cc(=O)c2c1. The first-order valence-corrected chi connectivity index (χ1v) is 10.8. The van der Waals surface area contributed by atoms with E-state index in [0.29, 0.717) is 35.6 Å². The number of aryl methyl sites for hydroxylation is 1. The molecule has 1 unspecified atom stereocenters. The van der Waals surface area contributed by atoms with Gasteiger partial charge in [-0.1, -0.05) is 24.3 Å². The van der Waals surface area contributed by atoms with Gasteiger partial charge in [0, 0.05) is 30.1 Å². The van der Waals surface area contributed by atoms with Crippen molar-refractivity contribution in [3.63, 3.8) is 0 Å². The van der Waals surface area contributed by atoms with Gasteiger partial charge in [-0.3, -0.25) is 9.78 Å². The van der Waals surface area contributed by atoms with Crippen LogP contribution in [0.2, 0.25) is 0 Å². The molecule has 33 heavy (non-hydrogen) atoms. The van der Waals surface area contributed by atoms with E-state index in [1.54, 1.807) is 30.5 Å². The number of carboxylic acids is 1. The Morgan fingerprint density at radius 1 is 1.15 bits per heavy atom. The van der Waals surface area contributed by atoms with Crippen molar-refractivity contribution in [2.45, 2.75) is 33.0 Å². The minimum Gasteiger partial charge on any atom is -0.478 e. The first kappa shape index (κ1) is 20.8. The standard InChI is InChI=1S/C26H23N3O4/c1-15-10-19(16(2)28-21-8-4-3-7-18(21)26(31)32)25-20(11-15)23(30)12-24(33-25)29-13-17-6-5-9-27-22(17)14-29/h3-12,16,28H,13-14H2,1-2H3,(H,31,32). The number of hydrogen-bond acceptors (Lipinski definition) is 6. The fraction of sp³-hybridized carbons (Fsp3) is 0.192. The lowest BCUT2D eigenvalue weighted by Gasteiger charge is -2.21. The van der Waals surface area contributed by atoms with Gasteiger partial charge in [-0.2, -0.15) is 0 Å². The lowest BCUT2D eigenvalue weighted by molar-refractivity contribution is 0.0698. The van der Waals surface area contributed by atoms with Crippen molar-refractivity contribution in [2.24, 2.45) is 0 Å². The molecule has 2 N–H and O–H groups in total. The van der Waals surface area contributed by atoms with Crippen molar-refractivity contribution in [3.05, 3.63) is 99.0 Å². The monoisotopic (exact) mass is 441 g/mol. The molecule has 1 aliphatic rings. The van der Waals surface area contributed by atoms with Crippen LogP contribution in [0.1, 0.15) is 45.7 Å². The highest BCUT2D eigenvalue weighted by Crippen LogP contribution is 2.33. The number of hydrogen-bond donors (Lipinski definition) is 2. The van der Waals surface area contributed by atoms with Crippen molar-refractivity contribution in [1.29, 1.82) is 0 Å². The molecule has 2 aromatic heterocycles. The molecule has 0 radical (unpaired) electrons. The summed E-state index contributed by atoms with van der Waals surface area (Å²) in [6, 6.07) is 15.7. The Hall–Kier alpha value is -4.13. The van der Waals surface area contributed by atoms with Crippen molar-refractivity contribution in [3.8, 4) is 0 Å². The zero-order valence-electron chi connectivity index (χ0n) is 18.3. The highest BCUT2D eigenvalue weighted by atomic mass is 16.4. The first-order chi connectivity index (χ1) is 15.9. The number of carboxylic acid groups (broad SMARTS) is 1. The Bertz CT molecular complexity index is 1420. The quantitative estimate of drug-likeness (QED) is 0.455. The molecule has 5 rings (SSSR count). The number of aromatic nitrogens is 1. The number of nitrogens with zero attached hydrogens (tertiary/aromatic N) is 2. The molecular weight excluding hydrogens is 418 g/mol. The van der Waals surface area contributed by atoms with Gasteiger partial charge in [-0.05, 0) is 49.2 Å². The van der Waals surface area contributed by atoms with Gasteiger partial charge in [0.1, 0.15) is 5.58 Å². The molecule has 0 saturated carbocycles. The normalized spacial score (nSPS) is 13.7. The van der Waals surface area contributed by atoms with E-state index in [0.717, 1.165) is 22.4 Å². The molecule has 7 nitrogen and oxygen atoms in total. The number of carbonyl (C=O) groups is 1. The summed E-state index contributed by atoms with van der Waals surface area (Å²) >= 11 is 0. The Kier molecular flexibility index (Phi) is 5.09. The maximum atomic E-state index is 13.1. The van der Waals surface area contributed by atoms with Gasteiger partial charge >= 0.3 is 5.97 Å². The average Bonchev–Trinajstić information content (AvgIpc) is 3.23. The van der Waals surface area contributed by atoms with Crippen LogP contribution in [0.4, 0.5) is 11.6 Å². The van der Waals surface area contributed by atoms with Crippen molar-refractivity contribution < 1.29 is 14.3 Å². The van der Waals surface area contributed by atoms with Crippen LogP contribution in [0.25, 0.3) is 11.0 Å². The fourth-order valence-corrected chi connectivity index (χ4v) is 4.36. The summed E-state index contributed by atoms with van der Waals surface area (Å²) in [5, 5.41) is 13.3. The largest absolute Gasteiger partial charge is 0.478 e. The molecular formula is C26H23N3O4. The van der Waals surface area contributed by atoms with E-state index in [1.807, 2.05) is 43.0 Å². The zero-order valence-corrected chi connectivity index (χ0v) is 18.3. The molecule has 1 atom stereocenters. The Balaban J connectivity index is 1.57. The third-order valence-corrected chi connectivity index (χ3v) is 5.98. The molecule has 0 saturated heterocycles. The van der Waals surface area contributed by atoms with E-state index in [4.69, 9.17) is 4.42 Å². The zero-order chi connectivity index (χ0) is 23.1. The maximum absolute atomic E-state index is 13.1. The van der Waals surface area contributed by atoms with Gasteiger partial charge in [-0.15, -0.1) is 0 Å². The van der Waals surface area contributed by atoms with Gasteiger partial charge in [0.05, 0.1) is 29.2 Å². The lowest BCUT2D eigenvalue weighted by Crippen LogP contribution is -2.18. The van der Waals surface area contributed by atoms with E-state index < -0.39 is 5.97 Å². The van der Waals surface area contributed by atoms with Crippen LogP contribution >= 0.6 is 0 Å². The number of nitrogens with one attached hydrogen (secondary N) is 1. The van der Waals surface area contributed by atoms with Crippen LogP contribution < -0.4 is 15.6 Å². The Morgan fingerprint density at radius 2 is 1.97 bits per heavy atom. The summed E-state index contributed by atoms with van der Waals surface area (Å²) in [4.78, 5) is 31.1. The molecule has 1 aliphatic heterocycles. The van der Waals surface area contributed by atoms with Crippen LogP contribution in [0, 0.1) is 6.92 Å². The fourth-order valence-electron chi connectivity index (χ4n) is 4.36. The second kappa shape index (κ2) is 8.09. The summed E-state index contributed by atoms with van der Waals surface area (Å²) < 4.78 is 6.32. The van der Waals surface area contributed by atoms with Crippen LogP contribution in [0.3, 0.4) is 0 Å². The number of aromatic carboxylic acids is 1. The number of rotatable bonds is 5. The highest BCUT2D eigenvalue weighted by molar-refractivity contribution is 5.94. The van der Waals surface area contributed by atoms with Crippen LogP contribution in [-0.4, -0.2) is 16.1 Å². The van der Waals surface area contributed by atoms with Crippen LogP contribution in [0.5, 0.6) is 0 Å². The summed E-state index contributed by atoms with van der Waals surface area (Å²) in [7, 11) is 0. The maximum Gasteiger partial charge on any atom is 0.337 e.